The van der Waals surface area contributed by atoms with E-state index in [1.54, 1.807) is 0 Å². The highest BCUT2D eigenvalue weighted by Crippen LogP contribution is 2.31. The summed E-state index contributed by atoms with van der Waals surface area (Å²) < 4.78 is 66.1. The van der Waals surface area contributed by atoms with Crippen LogP contribution in [0.5, 0.6) is 0 Å². The van der Waals surface area contributed by atoms with Crippen LogP contribution in [0.3, 0.4) is 0 Å². The molecule has 0 radical (unpaired) electrons. The SMILES string of the molecule is Cc1ccc(Nc2nc([C@H](C)N3CCN(S(=O)(=O)c4ccc(C(F)(F)F)cc4)CC3)nc3ccccc23)cc1. The minimum absolute atomic E-state index is 0.151. The zero-order valence-corrected chi connectivity index (χ0v) is 22.3. The van der Waals surface area contributed by atoms with Crippen LogP contribution in [0.25, 0.3) is 10.9 Å². The van der Waals surface area contributed by atoms with Gasteiger partial charge in [-0.05, 0) is 62.4 Å². The molecular weight excluding hydrogens is 527 g/mol. The van der Waals surface area contributed by atoms with Gasteiger partial charge in [0.25, 0.3) is 0 Å². The molecule has 0 saturated carbocycles. The molecule has 39 heavy (non-hydrogen) atoms. The second-order valence-corrected chi connectivity index (χ2v) is 11.5. The molecule has 0 bridgehead atoms. The predicted octanol–water partition coefficient (Wildman–Crippen LogP) is 5.77. The van der Waals surface area contributed by atoms with Gasteiger partial charge in [-0.1, -0.05) is 29.8 Å². The van der Waals surface area contributed by atoms with E-state index in [4.69, 9.17) is 9.97 Å². The number of hydrogen-bond acceptors (Lipinski definition) is 6. The number of para-hydroxylation sites is 1. The first-order valence-corrected chi connectivity index (χ1v) is 14.0. The van der Waals surface area contributed by atoms with Crippen LogP contribution in [0, 0.1) is 6.92 Å². The number of sulfonamides is 1. The molecule has 4 aromatic rings. The van der Waals surface area contributed by atoms with Crippen molar-refractivity contribution in [3.05, 3.63) is 89.7 Å². The van der Waals surface area contributed by atoms with Crippen molar-refractivity contribution in [3.63, 3.8) is 0 Å². The largest absolute Gasteiger partial charge is 0.416 e. The van der Waals surface area contributed by atoms with Crippen LogP contribution in [0.1, 0.15) is 29.9 Å². The summed E-state index contributed by atoms with van der Waals surface area (Å²) in [6, 6.07) is 19.2. The Morgan fingerprint density at radius 3 is 2.15 bits per heavy atom. The molecule has 1 fully saturated rings. The van der Waals surface area contributed by atoms with Gasteiger partial charge in [0.2, 0.25) is 10.0 Å². The van der Waals surface area contributed by atoms with Crippen LogP contribution in [-0.4, -0.2) is 53.8 Å². The molecule has 7 nitrogen and oxygen atoms in total. The standard InChI is InChI=1S/C28H28F3N5O2S/c1-19-7-11-22(12-8-19)32-27-24-5-3-4-6-25(24)33-26(34-27)20(2)35-15-17-36(18-16-35)39(37,38)23-13-9-21(10-14-23)28(29,30)31/h3-14,20H,15-18H2,1-2H3,(H,32,33,34)/t20-/m0/s1. The van der Waals surface area contributed by atoms with Crippen LogP contribution in [0.15, 0.2) is 77.7 Å². The number of alkyl halides is 3. The molecule has 11 heteroatoms. The number of nitrogens with one attached hydrogen (secondary N) is 1. The zero-order chi connectivity index (χ0) is 27.8. The van der Waals surface area contributed by atoms with Gasteiger partial charge in [0.1, 0.15) is 11.6 Å². The molecule has 5 rings (SSSR count). The lowest BCUT2D eigenvalue weighted by molar-refractivity contribution is -0.137. The van der Waals surface area contributed by atoms with Crippen LogP contribution in [0.4, 0.5) is 24.7 Å². The van der Waals surface area contributed by atoms with Crippen molar-refractivity contribution < 1.29 is 21.6 Å². The minimum atomic E-state index is -4.52. The van der Waals surface area contributed by atoms with Crippen molar-refractivity contribution in [2.75, 3.05) is 31.5 Å². The Bertz CT molecular complexity index is 1570. The monoisotopic (exact) mass is 555 g/mol. The molecule has 1 aromatic heterocycles. The first-order valence-electron chi connectivity index (χ1n) is 12.5. The topological polar surface area (TPSA) is 78.4 Å². The van der Waals surface area contributed by atoms with E-state index in [1.165, 1.54) is 4.31 Å². The average molecular weight is 556 g/mol. The molecule has 1 atom stereocenters. The summed E-state index contributed by atoms with van der Waals surface area (Å²) in [4.78, 5) is 11.6. The van der Waals surface area contributed by atoms with Crippen LogP contribution >= 0.6 is 0 Å². The third-order valence-corrected chi connectivity index (χ3v) is 8.86. The Hall–Kier alpha value is -3.54. The fraction of sp³-hybridized carbons (Fsp3) is 0.286. The Balaban J connectivity index is 1.32. The van der Waals surface area contributed by atoms with Gasteiger partial charge >= 0.3 is 6.18 Å². The van der Waals surface area contributed by atoms with E-state index in [-0.39, 0.29) is 24.0 Å². The number of aryl methyl sites for hydroxylation is 1. The lowest BCUT2D eigenvalue weighted by atomic mass is 10.2. The number of piperazine rings is 1. The summed E-state index contributed by atoms with van der Waals surface area (Å²) in [6.45, 7) is 5.28. The molecule has 1 N–H and O–H groups in total. The normalized spacial score (nSPS) is 16.3. The molecule has 204 valence electrons. The predicted molar refractivity (Wildman–Crippen MR) is 144 cm³/mol. The van der Waals surface area contributed by atoms with Gasteiger partial charge in [-0.2, -0.15) is 17.5 Å². The van der Waals surface area contributed by atoms with E-state index < -0.39 is 21.8 Å². The molecule has 0 spiro atoms. The highest BCUT2D eigenvalue weighted by Gasteiger charge is 2.33. The van der Waals surface area contributed by atoms with E-state index in [2.05, 4.69) is 10.2 Å². The molecule has 1 aliphatic heterocycles. The number of halogens is 3. The molecule has 0 amide bonds. The second kappa shape index (κ2) is 10.6. The van der Waals surface area contributed by atoms with Gasteiger partial charge in [-0.25, -0.2) is 18.4 Å². The van der Waals surface area contributed by atoms with E-state index in [9.17, 15) is 21.6 Å². The molecule has 3 aromatic carbocycles. The lowest BCUT2D eigenvalue weighted by Crippen LogP contribution is -2.49. The fourth-order valence-corrected chi connectivity index (χ4v) is 6.03. The summed E-state index contributed by atoms with van der Waals surface area (Å²) in [6.07, 6.45) is -4.52. The molecule has 1 saturated heterocycles. The van der Waals surface area contributed by atoms with Crippen molar-refractivity contribution in [3.8, 4) is 0 Å². The average Bonchev–Trinajstić information content (AvgIpc) is 2.93. The Morgan fingerprint density at radius 1 is 0.872 bits per heavy atom. The molecular formula is C28H28F3N5O2S. The number of fused-ring (bicyclic) bond motifs is 1. The maximum atomic E-state index is 13.1. The number of nitrogens with zero attached hydrogens (tertiary/aromatic N) is 4. The van der Waals surface area contributed by atoms with Crippen LogP contribution in [-0.2, 0) is 16.2 Å². The molecule has 2 heterocycles. The van der Waals surface area contributed by atoms with Gasteiger partial charge < -0.3 is 5.32 Å². The van der Waals surface area contributed by atoms with Crippen molar-refractivity contribution in [2.24, 2.45) is 0 Å². The van der Waals surface area contributed by atoms with Crippen molar-refractivity contribution in [1.82, 2.24) is 19.2 Å². The highest BCUT2D eigenvalue weighted by atomic mass is 32.2. The lowest BCUT2D eigenvalue weighted by Gasteiger charge is -2.37. The number of hydrogen-bond donors (Lipinski definition) is 1. The summed E-state index contributed by atoms with van der Waals surface area (Å²) in [5.41, 5.74) is 1.98. The fourth-order valence-electron chi connectivity index (χ4n) is 4.61. The van der Waals surface area contributed by atoms with E-state index in [0.717, 1.165) is 46.4 Å². The van der Waals surface area contributed by atoms with Crippen molar-refractivity contribution >= 4 is 32.4 Å². The number of anilines is 2. The molecule has 0 aliphatic carbocycles. The Morgan fingerprint density at radius 2 is 1.51 bits per heavy atom. The maximum absolute atomic E-state index is 13.1. The molecule has 0 unspecified atom stereocenters. The minimum Gasteiger partial charge on any atom is -0.340 e. The third-order valence-electron chi connectivity index (χ3n) is 6.95. The number of rotatable bonds is 6. The molecule has 1 aliphatic rings. The van der Waals surface area contributed by atoms with Crippen LogP contribution < -0.4 is 5.32 Å². The zero-order valence-electron chi connectivity index (χ0n) is 21.5. The second-order valence-electron chi connectivity index (χ2n) is 9.58. The van der Waals surface area contributed by atoms with Gasteiger partial charge in [0.15, 0.2) is 0 Å². The first kappa shape index (κ1) is 27.0. The Labute approximate surface area is 225 Å². The van der Waals surface area contributed by atoms with E-state index in [1.807, 2.05) is 62.4 Å². The van der Waals surface area contributed by atoms with E-state index in [0.29, 0.717) is 24.7 Å². The van der Waals surface area contributed by atoms with Gasteiger partial charge in [-0.15, -0.1) is 0 Å². The quantitative estimate of drug-likeness (QED) is 0.326. The number of benzene rings is 3. The van der Waals surface area contributed by atoms with Crippen molar-refractivity contribution in [1.29, 1.82) is 0 Å². The van der Waals surface area contributed by atoms with Gasteiger partial charge in [0, 0.05) is 37.3 Å². The number of aromatic nitrogens is 2. The Kier molecular flexibility index (Phi) is 7.32. The van der Waals surface area contributed by atoms with Crippen LogP contribution in [0.2, 0.25) is 0 Å². The van der Waals surface area contributed by atoms with E-state index >= 15 is 0 Å². The third kappa shape index (κ3) is 5.75. The maximum Gasteiger partial charge on any atom is 0.416 e. The van der Waals surface area contributed by atoms with Gasteiger partial charge in [0.05, 0.1) is 22.0 Å². The smallest absolute Gasteiger partial charge is 0.340 e. The first-order chi connectivity index (χ1) is 18.5. The summed E-state index contributed by atoms with van der Waals surface area (Å²) in [7, 11) is -3.91. The van der Waals surface area contributed by atoms with Crippen molar-refractivity contribution in [2.45, 2.75) is 31.0 Å². The highest BCUT2D eigenvalue weighted by molar-refractivity contribution is 7.89. The summed E-state index contributed by atoms with van der Waals surface area (Å²) >= 11 is 0. The van der Waals surface area contributed by atoms with Gasteiger partial charge in [-0.3, -0.25) is 4.90 Å². The summed E-state index contributed by atoms with van der Waals surface area (Å²) in [5, 5.41) is 4.29. The summed E-state index contributed by atoms with van der Waals surface area (Å²) in [5.74, 6) is 1.30.